The molecule has 4 aromatic rings. The lowest BCUT2D eigenvalue weighted by molar-refractivity contribution is 0.417. The summed E-state index contributed by atoms with van der Waals surface area (Å²) < 4.78 is 7.20. The first-order valence-corrected chi connectivity index (χ1v) is 6.99. The number of methoxy groups -OCH3 is 1. The van der Waals surface area contributed by atoms with Crippen LogP contribution < -0.4 is 10.1 Å². The second-order valence-corrected chi connectivity index (χ2v) is 5.14. The van der Waals surface area contributed by atoms with E-state index in [0.29, 0.717) is 11.7 Å². The molecule has 0 radical (unpaired) electrons. The van der Waals surface area contributed by atoms with E-state index in [1.54, 1.807) is 7.11 Å². The van der Waals surface area contributed by atoms with Crippen molar-refractivity contribution in [3.05, 3.63) is 48.0 Å². The fourth-order valence-electron chi connectivity index (χ4n) is 2.53. The van der Waals surface area contributed by atoms with Gasteiger partial charge in [-0.15, -0.1) is 0 Å². The highest BCUT2D eigenvalue weighted by molar-refractivity contribution is 5.80. The Bertz CT molecular complexity index is 969. The van der Waals surface area contributed by atoms with Gasteiger partial charge in [0, 0.05) is 0 Å². The van der Waals surface area contributed by atoms with Crippen LogP contribution in [0, 0.1) is 6.92 Å². The van der Waals surface area contributed by atoms with Crippen LogP contribution in [0.1, 0.15) is 5.56 Å². The van der Waals surface area contributed by atoms with Gasteiger partial charge in [0.15, 0.2) is 0 Å². The Morgan fingerprint density at radius 2 is 2.00 bits per heavy atom. The van der Waals surface area contributed by atoms with Crippen LogP contribution in [0.5, 0.6) is 5.75 Å². The molecule has 2 aromatic heterocycles. The summed E-state index contributed by atoms with van der Waals surface area (Å²) in [6.07, 6.45) is 0. The van der Waals surface area contributed by atoms with Crippen molar-refractivity contribution in [1.82, 2.24) is 19.6 Å². The van der Waals surface area contributed by atoms with Crippen molar-refractivity contribution < 1.29 is 4.74 Å². The van der Waals surface area contributed by atoms with Crippen LogP contribution in [0.2, 0.25) is 0 Å². The Balaban J connectivity index is 1.77. The average Bonchev–Trinajstić information content (AvgIpc) is 3.04. The number of rotatable bonds is 3. The maximum atomic E-state index is 5.33. The quantitative estimate of drug-likeness (QED) is 0.608. The molecule has 2 aromatic carbocycles. The zero-order valence-electron chi connectivity index (χ0n) is 12.3. The number of fused-ring (bicyclic) bond motifs is 3. The summed E-state index contributed by atoms with van der Waals surface area (Å²) in [6.45, 7) is 2.05. The maximum Gasteiger partial charge on any atom is 0.253 e. The summed E-state index contributed by atoms with van der Waals surface area (Å²) in [6, 6.07) is 13.8. The molecule has 0 aliphatic rings. The van der Waals surface area contributed by atoms with Crippen LogP contribution in [-0.4, -0.2) is 26.7 Å². The highest BCUT2D eigenvalue weighted by Gasteiger charge is 2.11. The highest BCUT2D eigenvalue weighted by atomic mass is 16.5. The fourth-order valence-corrected chi connectivity index (χ4v) is 2.53. The molecule has 0 saturated carbocycles. The second kappa shape index (κ2) is 4.77. The van der Waals surface area contributed by atoms with Crippen molar-refractivity contribution in [2.75, 3.05) is 12.4 Å². The van der Waals surface area contributed by atoms with Gasteiger partial charge < -0.3 is 10.1 Å². The molecular formula is C16H15N5O. The zero-order chi connectivity index (χ0) is 15.1. The molecule has 0 aliphatic heterocycles. The van der Waals surface area contributed by atoms with E-state index in [4.69, 9.17) is 4.74 Å². The van der Waals surface area contributed by atoms with Crippen molar-refractivity contribution in [2.45, 2.75) is 6.92 Å². The number of para-hydroxylation sites is 2. The van der Waals surface area contributed by atoms with Crippen molar-refractivity contribution in [3.63, 3.8) is 0 Å². The number of benzene rings is 2. The normalized spacial score (nSPS) is 11.2. The third-order valence-electron chi connectivity index (χ3n) is 3.58. The SMILES string of the molecule is COc1ccccc1Nc1nc2nc3cc(C)ccc3n2[nH]1. The number of anilines is 2. The number of nitrogens with zero attached hydrogens (tertiary/aromatic N) is 3. The fraction of sp³-hybridized carbons (Fsp3) is 0.125. The van der Waals surface area contributed by atoms with E-state index in [1.165, 1.54) is 5.56 Å². The van der Waals surface area contributed by atoms with Gasteiger partial charge in [0.25, 0.3) is 5.78 Å². The van der Waals surface area contributed by atoms with E-state index in [0.717, 1.165) is 22.5 Å². The van der Waals surface area contributed by atoms with E-state index >= 15 is 0 Å². The molecule has 0 bridgehead atoms. The van der Waals surface area contributed by atoms with Gasteiger partial charge in [-0.1, -0.05) is 18.2 Å². The number of aromatic nitrogens is 4. The minimum Gasteiger partial charge on any atom is -0.495 e. The minimum atomic E-state index is 0.620. The number of ether oxygens (including phenoxy) is 1. The molecule has 0 unspecified atom stereocenters. The van der Waals surface area contributed by atoms with E-state index in [1.807, 2.05) is 40.9 Å². The molecule has 4 rings (SSSR count). The molecule has 0 aliphatic carbocycles. The molecule has 110 valence electrons. The molecule has 0 amide bonds. The summed E-state index contributed by atoms with van der Waals surface area (Å²) >= 11 is 0. The Labute approximate surface area is 126 Å². The Morgan fingerprint density at radius 3 is 2.86 bits per heavy atom. The molecule has 22 heavy (non-hydrogen) atoms. The van der Waals surface area contributed by atoms with Gasteiger partial charge in [-0.2, -0.15) is 4.98 Å². The molecule has 0 atom stereocenters. The van der Waals surface area contributed by atoms with E-state index < -0.39 is 0 Å². The first kappa shape index (κ1) is 12.7. The maximum absolute atomic E-state index is 5.33. The number of hydrogen-bond donors (Lipinski definition) is 2. The number of aromatic amines is 1. The number of imidazole rings is 1. The van der Waals surface area contributed by atoms with E-state index in [2.05, 4.69) is 33.4 Å². The number of hydrogen-bond acceptors (Lipinski definition) is 4. The molecule has 2 N–H and O–H groups in total. The summed E-state index contributed by atoms with van der Waals surface area (Å²) in [5.41, 5.74) is 3.96. The minimum absolute atomic E-state index is 0.620. The molecule has 6 nitrogen and oxygen atoms in total. The molecule has 0 saturated heterocycles. The van der Waals surface area contributed by atoms with Crippen molar-refractivity contribution in [2.24, 2.45) is 0 Å². The third-order valence-corrected chi connectivity index (χ3v) is 3.58. The van der Waals surface area contributed by atoms with Crippen LogP contribution in [0.3, 0.4) is 0 Å². The van der Waals surface area contributed by atoms with Crippen LogP contribution in [0.15, 0.2) is 42.5 Å². The van der Waals surface area contributed by atoms with Gasteiger partial charge in [0.1, 0.15) is 5.75 Å². The summed E-state index contributed by atoms with van der Waals surface area (Å²) in [4.78, 5) is 9.01. The van der Waals surface area contributed by atoms with Gasteiger partial charge >= 0.3 is 0 Å². The lowest BCUT2D eigenvalue weighted by Crippen LogP contribution is -1.96. The Kier molecular flexibility index (Phi) is 2.75. The van der Waals surface area contributed by atoms with E-state index in [9.17, 15) is 0 Å². The average molecular weight is 293 g/mol. The summed E-state index contributed by atoms with van der Waals surface area (Å²) in [5, 5.41) is 6.44. The third kappa shape index (κ3) is 1.96. The predicted octanol–water partition coefficient (Wildman–Crippen LogP) is 3.27. The molecular weight excluding hydrogens is 278 g/mol. The van der Waals surface area contributed by atoms with Crippen LogP contribution in [0.25, 0.3) is 16.8 Å². The van der Waals surface area contributed by atoms with Crippen molar-refractivity contribution >= 4 is 28.4 Å². The predicted molar refractivity (Wildman–Crippen MR) is 85.9 cm³/mol. The lowest BCUT2D eigenvalue weighted by Gasteiger charge is -2.07. The Morgan fingerprint density at radius 1 is 1.14 bits per heavy atom. The monoisotopic (exact) mass is 293 g/mol. The van der Waals surface area contributed by atoms with Gasteiger partial charge in [0.2, 0.25) is 5.95 Å². The first-order chi connectivity index (χ1) is 10.7. The largest absolute Gasteiger partial charge is 0.495 e. The topological polar surface area (TPSA) is 67.2 Å². The van der Waals surface area contributed by atoms with Crippen molar-refractivity contribution in [3.8, 4) is 5.75 Å². The number of nitrogens with one attached hydrogen (secondary N) is 2. The standard InChI is InChI=1S/C16H15N5O/c1-10-7-8-13-12(9-10)18-16-19-15(20-21(13)16)17-11-5-3-4-6-14(11)22-2/h3-9H,1-2H3,(H2,17,18,19,20). The highest BCUT2D eigenvalue weighted by Crippen LogP contribution is 2.26. The lowest BCUT2D eigenvalue weighted by atomic mass is 10.2. The Hall–Kier alpha value is -3.02. The summed E-state index contributed by atoms with van der Waals surface area (Å²) in [7, 11) is 1.64. The number of H-pyrrole nitrogens is 1. The molecule has 6 heteroatoms. The van der Waals surface area contributed by atoms with Gasteiger partial charge in [-0.25, -0.2) is 9.50 Å². The first-order valence-electron chi connectivity index (χ1n) is 6.99. The molecule has 2 heterocycles. The molecule has 0 spiro atoms. The molecule has 0 fully saturated rings. The van der Waals surface area contributed by atoms with Gasteiger partial charge in [-0.05, 0) is 36.8 Å². The van der Waals surface area contributed by atoms with Crippen LogP contribution >= 0.6 is 0 Å². The van der Waals surface area contributed by atoms with Crippen LogP contribution in [0.4, 0.5) is 11.6 Å². The van der Waals surface area contributed by atoms with E-state index in [-0.39, 0.29) is 0 Å². The van der Waals surface area contributed by atoms with Crippen molar-refractivity contribution in [1.29, 1.82) is 0 Å². The number of aryl methyl sites for hydroxylation is 1. The van der Waals surface area contributed by atoms with Crippen LogP contribution in [-0.2, 0) is 0 Å². The van der Waals surface area contributed by atoms with Gasteiger partial charge in [0.05, 0.1) is 23.8 Å². The zero-order valence-corrected chi connectivity index (χ0v) is 12.3. The summed E-state index contributed by atoms with van der Waals surface area (Å²) in [5.74, 6) is 2.02. The smallest absolute Gasteiger partial charge is 0.253 e. The second-order valence-electron chi connectivity index (χ2n) is 5.14. The van der Waals surface area contributed by atoms with Gasteiger partial charge in [-0.3, -0.25) is 5.10 Å².